The Bertz CT molecular complexity index is 945. The molecule has 3 heterocycles. The lowest BCUT2D eigenvalue weighted by atomic mass is 9.99. The van der Waals surface area contributed by atoms with Crippen LogP contribution in [0.2, 0.25) is 0 Å². The van der Waals surface area contributed by atoms with Crippen LogP contribution < -0.4 is 10.4 Å². The number of carboxylic acid groups (broad SMARTS) is 1. The van der Waals surface area contributed by atoms with Crippen molar-refractivity contribution < 1.29 is 14.7 Å². The molecule has 1 aliphatic rings. The number of anilines is 1. The molecular formula is C17H12N3O3-. The van der Waals surface area contributed by atoms with Crippen molar-refractivity contribution in [3.63, 3.8) is 0 Å². The number of carboxylic acids is 1. The van der Waals surface area contributed by atoms with Crippen LogP contribution in [0, 0.1) is 0 Å². The second-order valence-electron chi connectivity index (χ2n) is 5.45. The molecule has 6 nitrogen and oxygen atoms in total. The zero-order valence-corrected chi connectivity index (χ0v) is 12.1. The van der Waals surface area contributed by atoms with Crippen molar-refractivity contribution in [1.29, 1.82) is 0 Å². The molecule has 1 aromatic carbocycles. The SMILES string of the molecule is O=C([O-])Cn1c(-c2cccnc2)c2c3c(cccc31)NC(=O)C2. The lowest BCUT2D eigenvalue weighted by molar-refractivity contribution is -0.306. The minimum absolute atomic E-state index is 0.110. The minimum Gasteiger partial charge on any atom is -0.548 e. The van der Waals surface area contributed by atoms with E-state index in [1.807, 2.05) is 18.2 Å². The number of aliphatic carboxylic acids is 1. The molecule has 0 aliphatic carbocycles. The molecule has 2 aromatic heterocycles. The van der Waals surface area contributed by atoms with Gasteiger partial charge < -0.3 is 19.8 Å². The molecule has 0 radical (unpaired) electrons. The molecule has 0 bridgehead atoms. The van der Waals surface area contributed by atoms with Crippen LogP contribution in [-0.4, -0.2) is 21.4 Å². The number of carbonyl (C=O) groups excluding carboxylic acids is 2. The van der Waals surface area contributed by atoms with Crippen LogP contribution in [0.5, 0.6) is 0 Å². The Hall–Kier alpha value is -3.15. The zero-order chi connectivity index (χ0) is 16.0. The van der Waals surface area contributed by atoms with E-state index in [-0.39, 0.29) is 18.9 Å². The first-order valence-corrected chi connectivity index (χ1v) is 7.19. The standard InChI is InChI=1S/C17H13N3O3/c21-14-7-11-16-12(19-14)4-1-5-13(16)20(9-15(22)23)17(11)10-3-2-6-18-8-10/h1-6,8H,7,9H2,(H,19,21)(H,22,23)/p-1. The molecule has 0 saturated carbocycles. The first-order chi connectivity index (χ1) is 11.1. The van der Waals surface area contributed by atoms with Gasteiger partial charge in [0.1, 0.15) is 0 Å². The van der Waals surface area contributed by atoms with Gasteiger partial charge in [0.25, 0.3) is 0 Å². The summed E-state index contributed by atoms with van der Waals surface area (Å²) in [5.74, 6) is -1.29. The minimum atomic E-state index is -1.18. The monoisotopic (exact) mass is 306 g/mol. The van der Waals surface area contributed by atoms with Crippen LogP contribution in [0.25, 0.3) is 22.2 Å². The summed E-state index contributed by atoms with van der Waals surface area (Å²) >= 11 is 0. The summed E-state index contributed by atoms with van der Waals surface area (Å²) in [7, 11) is 0. The molecule has 1 N–H and O–H groups in total. The fraction of sp³-hybridized carbons (Fsp3) is 0.118. The van der Waals surface area contributed by atoms with Crippen molar-refractivity contribution in [3.8, 4) is 11.3 Å². The van der Waals surface area contributed by atoms with E-state index in [1.54, 1.807) is 29.1 Å². The normalized spacial score (nSPS) is 13.1. The molecule has 1 amide bonds. The van der Waals surface area contributed by atoms with E-state index in [2.05, 4.69) is 10.3 Å². The molecule has 6 heteroatoms. The molecule has 3 aromatic rings. The maximum absolute atomic E-state index is 12.0. The first kappa shape index (κ1) is 13.5. The van der Waals surface area contributed by atoms with Gasteiger partial charge in [-0.1, -0.05) is 6.07 Å². The number of pyridine rings is 1. The Morgan fingerprint density at radius 3 is 2.91 bits per heavy atom. The summed E-state index contributed by atoms with van der Waals surface area (Å²) in [6.07, 6.45) is 3.53. The van der Waals surface area contributed by atoms with Crippen LogP contribution in [0.4, 0.5) is 5.69 Å². The van der Waals surface area contributed by atoms with Crippen LogP contribution >= 0.6 is 0 Å². The van der Waals surface area contributed by atoms with Gasteiger partial charge in [-0.05, 0) is 29.8 Å². The quantitative estimate of drug-likeness (QED) is 0.780. The van der Waals surface area contributed by atoms with Crippen molar-refractivity contribution in [3.05, 3.63) is 48.3 Å². The van der Waals surface area contributed by atoms with Gasteiger partial charge in [-0.2, -0.15) is 0 Å². The van der Waals surface area contributed by atoms with Gasteiger partial charge in [0, 0.05) is 23.3 Å². The largest absolute Gasteiger partial charge is 0.548 e. The highest BCUT2D eigenvalue weighted by molar-refractivity contribution is 6.12. The van der Waals surface area contributed by atoms with Crippen LogP contribution in [0.15, 0.2) is 42.7 Å². The van der Waals surface area contributed by atoms with E-state index >= 15 is 0 Å². The average molecular weight is 306 g/mol. The fourth-order valence-corrected chi connectivity index (χ4v) is 3.24. The third kappa shape index (κ3) is 2.07. The molecule has 0 spiro atoms. The third-order valence-corrected chi connectivity index (χ3v) is 4.02. The van der Waals surface area contributed by atoms with Crippen LogP contribution in [0.3, 0.4) is 0 Å². The third-order valence-electron chi connectivity index (χ3n) is 4.02. The van der Waals surface area contributed by atoms with E-state index in [1.165, 1.54) is 0 Å². The maximum Gasteiger partial charge on any atom is 0.228 e. The van der Waals surface area contributed by atoms with E-state index in [0.29, 0.717) is 11.4 Å². The van der Waals surface area contributed by atoms with Crippen molar-refractivity contribution in [2.45, 2.75) is 13.0 Å². The summed E-state index contributed by atoms with van der Waals surface area (Å²) in [6.45, 7) is -0.279. The van der Waals surface area contributed by atoms with E-state index < -0.39 is 5.97 Å². The fourth-order valence-electron chi connectivity index (χ4n) is 3.24. The second kappa shape index (κ2) is 4.95. The molecule has 0 unspecified atom stereocenters. The Kier molecular flexibility index (Phi) is 2.90. The van der Waals surface area contributed by atoms with Crippen molar-refractivity contribution in [2.75, 3.05) is 5.32 Å². The lowest BCUT2D eigenvalue weighted by Crippen LogP contribution is -2.27. The summed E-state index contributed by atoms with van der Waals surface area (Å²) < 4.78 is 1.68. The van der Waals surface area contributed by atoms with E-state index in [9.17, 15) is 14.7 Å². The number of benzene rings is 1. The number of aromatic nitrogens is 2. The number of hydrogen-bond donors (Lipinski definition) is 1. The van der Waals surface area contributed by atoms with E-state index in [4.69, 9.17) is 0 Å². The van der Waals surface area contributed by atoms with Gasteiger partial charge in [-0.25, -0.2) is 0 Å². The molecule has 0 saturated heterocycles. The summed E-state index contributed by atoms with van der Waals surface area (Å²) in [5.41, 5.74) is 3.78. The molecule has 23 heavy (non-hydrogen) atoms. The second-order valence-corrected chi connectivity index (χ2v) is 5.45. The first-order valence-electron chi connectivity index (χ1n) is 7.19. The highest BCUT2D eigenvalue weighted by atomic mass is 16.4. The molecule has 114 valence electrons. The Labute approximate surface area is 131 Å². The maximum atomic E-state index is 12.0. The van der Waals surface area contributed by atoms with E-state index in [0.717, 1.165) is 22.0 Å². The smallest absolute Gasteiger partial charge is 0.228 e. The Morgan fingerprint density at radius 1 is 1.30 bits per heavy atom. The van der Waals surface area contributed by atoms with Gasteiger partial charge in [0.15, 0.2) is 0 Å². The predicted octanol–water partition coefficient (Wildman–Crippen LogP) is 0.948. The molecular weight excluding hydrogens is 294 g/mol. The lowest BCUT2D eigenvalue weighted by Gasteiger charge is -2.14. The zero-order valence-electron chi connectivity index (χ0n) is 12.1. The van der Waals surface area contributed by atoms with Gasteiger partial charge in [0.2, 0.25) is 5.91 Å². The summed E-state index contributed by atoms with van der Waals surface area (Å²) in [5, 5.41) is 14.9. The van der Waals surface area contributed by atoms with Gasteiger partial charge in [-0.15, -0.1) is 0 Å². The molecule has 1 aliphatic heterocycles. The number of hydrogen-bond acceptors (Lipinski definition) is 4. The van der Waals surface area contributed by atoms with Crippen molar-refractivity contribution >= 4 is 28.5 Å². The van der Waals surface area contributed by atoms with Gasteiger partial charge in [-0.3, -0.25) is 9.78 Å². The summed E-state index contributed by atoms with van der Waals surface area (Å²) in [6, 6.07) is 9.11. The number of carbonyl (C=O) groups is 2. The van der Waals surface area contributed by atoms with Crippen molar-refractivity contribution in [1.82, 2.24) is 9.55 Å². The van der Waals surface area contributed by atoms with Gasteiger partial charge >= 0.3 is 0 Å². The predicted molar refractivity (Wildman–Crippen MR) is 82.5 cm³/mol. The van der Waals surface area contributed by atoms with Crippen LogP contribution in [0.1, 0.15) is 5.56 Å². The Balaban J connectivity index is 2.11. The van der Waals surface area contributed by atoms with Crippen molar-refractivity contribution in [2.24, 2.45) is 0 Å². The number of amides is 1. The molecule has 0 atom stereocenters. The van der Waals surface area contributed by atoms with Crippen LogP contribution in [-0.2, 0) is 22.6 Å². The highest BCUT2D eigenvalue weighted by Gasteiger charge is 2.26. The molecule has 4 rings (SSSR count). The number of nitrogens with one attached hydrogen (secondary N) is 1. The summed E-state index contributed by atoms with van der Waals surface area (Å²) in [4.78, 5) is 27.4. The topological polar surface area (TPSA) is 87.0 Å². The average Bonchev–Trinajstić information content (AvgIpc) is 2.83. The highest BCUT2D eigenvalue weighted by Crippen LogP contribution is 2.40. The van der Waals surface area contributed by atoms with Gasteiger partial charge in [0.05, 0.1) is 35.8 Å². The molecule has 0 fully saturated rings. The Morgan fingerprint density at radius 2 is 2.17 bits per heavy atom. The number of rotatable bonds is 3. The number of nitrogens with zero attached hydrogens (tertiary/aromatic N) is 2.